The molecule has 0 unspecified atom stereocenters. The normalized spacial score (nSPS) is 10.8. The lowest BCUT2D eigenvalue weighted by atomic mass is 9.99. The Bertz CT molecular complexity index is 497. The van der Waals surface area contributed by atoms with Gasteiger partial charge in [-0.25, -0.2) is 10.2 Å². The Morgan fingerprint density at radius 2 is 2.22 bits per heavy atom. The van der Waals surface area contributed by atoms with Crippen LogP contribution in [-0.2, 0) is 0 Å². The van der Waals surface area contributed by atoms with Gasteiger partial charge in [0.25, 0.3) is 5.69 Å². The average molecular weight is 250 g/mol. The zero-order chi connectivity index (χ0) is 13.7. The molecule has 0 radical (unpaired) electrons. The molecule has 18 heavy (non-hydrogen) atoms. The lowest BCUT2D eigenvalue weighted by Crippen LogP contribution is -2.24. The van der Waals surface area contributed by atoms with Gasteiger partial charge in [-0.1, -0.05) is 26.0 Å². The van der Waals surface area contributed by atoms with Crippen LogP contribution >= 0.6 is 0 Å². The molecule has 7 nitrogen and oxygen atoms in total. The van der Waals surface area contributed by atoms with Crippen LogP contribution in [0.2, 0.25) is 0 Å². The van der Waals surface area contributed by atoms with Crippen LogP contribution in [0.5, 0.6) is 0 Å². The molecule has 0 saturated heterocycles. The molecule has 0 aliphatic carbocycles. The summed E-state index contributed by atoms with van der Waals surface area (Å²) >= 11 is 0. The number of carbonyl (C=O) groups excluding carboxylic acids is 1. The lowest BCUT2D eigenvalue weighted by Gasteiger charge is -2.06. The van der Waals surface area contributed by atoms with Crippen molar-refractivity contribution < 1.29 is 9.72 Å². The Labute approximate surface area is 104 Å². The van der Waals surface area contributed by atoms with Crippen molar-refractivity contribution in [3.63, 3.8) is 0 Å². The highest BCUT2D eigenvalue weighted by molar-refractivity contribution is 5.82. The molecule has 1 aromatic rings. The SMILES string of the molecule is CC(C)c1ccc(C=NNC(N)=O)cc1[N+](=O)[O-]. The highest BCUT2D eigenvalue weighted by Crippen LogP contribution is 2.26. The van der Waals surface area contributed by atoms with E-state index < -0.39 is 11.0 Å². The summed E-state index contributed by atoms with van der Waals surface area (Å²) in [6.45, 7) is 3.76. The van der Waals surface area contributed by atoms with Crippen molar-refractivity contribution in [2.75, 3.05) is 0 Å². The molecule has 0 aliphatic heterocycles. The predicted octanol–water partition coefficient (Wildman–Crippen LogP) is 1.72. The Morgan fingerprint density at radius 1 is 1.56 bits per heavy atom. The van der Waals surface area contributed by atoms with Crippen LogP contribution in [0.4, 0.5) is 10.5 Å². The highest BCUT2D eigenvalue weighted by Gasteiger charge is 2.16. The molecule has 0 aromatic heterocycles. The van der Waals surface area contributed by atoms with Crippen LogP contribution in [0, 0.1) is 10.1 Å². The summed E-state index contributed by atoms with van der Waals surface area (Å²) < 4.78 is 0. The number of nitrogens with one attached hydrogen (secondary N) is 1. The lowest BCUT2D eigenvalue weighted by molar-refractivity contribution is -0.385. The van der Waals surface area contributed by atoms with Crippen molar-refractivity contribution in [2.24, 2.45) is 10.8 Å². The molecule has 0 bridgehead atoms. The third-order valence-corrected chi connectivity index (χ3v) is 2.26. The van der Waals surface area contributed by atoms with Crippen LogP contribution in [0.15, 0.2) is 23.3 Å². The number of nitro benzene ring substituents is 1. The number of rotatable bonds is 4. The van der Waals surface area contributed by atoms with E-state index in [1.807, 2.05) is 19.3 Å². The second-order valence-electron chi connectivity index (χ2n) is 3.96. The molecule has 0 heterocycles. The Morgan fingerprint density at radius 3 is 2.72 bits per heavy atom. The smallest absolute Gasteiger partial charge is 0.332 e. The number of nitro groups is 1. The first-order valence-corrected chi connectivity index (χ1v) is 5.28. The number of benzene rings is 1. The van der Waals surface area contributed by atoms with Crippen molar-refractivity contribution in [1.82, 2.24) is 5.43 Å². The summed E-state index contributed by atoms with van der Waals surface area (Å²) in [6.07, 6.45) is 1.29. The fourth-order valence-electron chi connectivity index (χ4n) is 1.46. The van der Waals surface area contributed by atoms with Gasteiger partial charge < -0.3 is 5.73 Å². The van der Waals surface area contributed by atoms with Gasteiger partial charge in [-0.2, -0.15) is 5.10 Å². The van der Waals surface area contributed by atoms with Gasteiger partial charge in [0, 0.05) is 17.2 Å². The summed E-state index contributed by atoms with van der Waals surface area (Å²) in [5.74, 6) is 0.0557. The molecule has 96 valence electrons. The van der Waals surface area contributed by atoms with E-state index in [2.05, 4.69) is 5.10 Å². The number of nitrogens with zero attached hydrogens (tertiary/aromatic N) is 2. The monoisotopic (exact) mass is 250 g/mol. The van der Waals surface area contributed by atoms with E-state index in [-0.39, 0.29) is 11.6 Å². The van der Waals surface area contributed by atoms with Crippen molar-refractivity contribution in [3.05, 3.63) is 39.4 Å². The minimum atomic E-state index is -0.792. The zero-order valence-electron chi connectivity index (χ0n) is 10.1. The molecular formula is C11H14N4O3. The summed E-state index contributed by atoms with van der Waals surface area (Å²) in [5, 5.41) is 14.5. The van der Waals surface area contributed by atoms with E-state index >= 15 is 0 Å². The van der Waals surface area contributed by atoms with Crippen molar-refractivity contribution in [3.8, 4) is 0 Å². The van der Waals surface area contributed by atoms with E-state index in [9.17, 15) is 14.9 Å². The van der Waals surface area contributed by atoms with Crippen molar-refractivity contribution in [2.45, 2.75) is 19.8 Å². The minimum absolute atomic E-state index is 0.0352. The summed E-state index contributed by atoms with van der Waals surface area (Å²) in [4.78, 5) is 20.9. The maximum absolute atomic E-state index is 10.9. The molecule has 2 amide bonds. The topological polar surface area (TPSA) is 111 Å². The summed E-state index contributed by atoms with van der Waals surface area (Å²) in [7, 11) is 0. The quantitative estimate of drug-likeness (QED) is 0.482. The number of nitrogens with two attached hydrogens (primary N) is 1. The van der Waals surface area contributed by atoms with Gasteiger partial charge in [0.2, 0.25) is 0 Å². The first kappa shape index (κ1) is 13.6. The number of carbonyl (C=O) groups is 1. The third kappa shape index (κ3) is 3.55. The number of hydrogen-bond acceptors (Lipinski definition) is 4. The van der Waals surface area contributed by atoms with E-state index in [0.717, 1.165) is 0 Å². The molecule has 0 spiro atoms. The molecule has 1 aromatic carbocycles. The van der Waals surface area contributed by atoms with Gasteiger partial charge in [-0.15, -0.1) is 0 Å². The zero-order valence-corrected chi connectivity index (χ0v) is 10.1. The van der Waals surface area contributed by atoms with Crippen molar-refractivity contribution in [1.29, 1.82) is 0 Å². The van der Waals surface area contributed by atoms with Crippen molar-refractivity contribution >= 4 is 17.9 Å². The van der Waals surface area contributed by atoms with E-state index in [0.29, 0.717) is 11.1 Å². The Hall–Kier alpha value is -2.44. The number of primary amides is 1. The van der Waals surface area contributed by atoms with Gasteiger partial charge in [-0.05, 0) is 5.92 Å². The van der Waals surface area contributed by atoms with Crippen LogP contribution in [0.3, 0.4) is 0 Å². The number of hydrazone groups is 1. The van der Waals surface area contributed by atoms with Gasteiger partial charge >= 0.3 is 6.03 Å². The second kappa shape index (κ2) is 5.76. The Kier molecular flexibility index (Phi) is 4.36. The maximum atomic E-state index is 10.9. The van der Waals surface area contributed by atoms with Crippen LogP contribution in [-0.4, -0.2) is 17.2 Å². The molecule has 0 atom stereocenters. The van der Waals surface area contributed by atoms with Crippen LogP contribution < -0.4 is 11.2 Å². The molecule has 3 N–H and O–H groups in total. The molecule has 0 fully saturated rings. The largest absolute Gasteiger partial charge is 0.350 e. The van der Waals surface area contributed by atoms with Gasteiger partial charge in [-0.3, -0.25) is 10.1 Å². The van der Waals surface area contributed by atoms with Gasteiger partial charge in [0.05, 0.1) is 11.1 Å². The molecule has 0 saturated carbocycles. The number of amides is 2. The number of hydrogen-bond donors (Lipinski definition) is 2. The van der Waals surface area contributed by atoms with Crippen LogP contribution in [0.1, 0.15) is 30.9 Å². The fourth-order valence-corrected chi connectivity index (χ4v) is 1.46. The van der Waals surface area contributed by atoms with E-state index in [1.54, 1.807) is 12.1 Å². The Balaban J connectivity index is 3.04. The predicted molar refractivity (Wildman–Crippen MR) is 67.5 cm³/mol. The maximum Gasteiger partial charge on any atom is 0.332 e. The van der Waals surface area contributed by atoms with Crippen LogP contribution in [0.25, 0.3) is 0 Å². The van der Waals surface area contributed by atoms with E-state index in [4.69, 9.17) is 5.73 Å². The molecule has 7 heteroatoms. The molecular weight excluding hydrogens is 236 g/mol. The molecule has 1 rings (SSSR count). The minimum Gasteiger partial charge on any atom is -0.350 e. The first-order valence-electron chi connectivity index (χ1n) is 5.28. The van der Waals surface area contributed by atoms with Gasteiger partial charge in [0.1, 0.15) is 0 Å². The van der Waals surface area contributed by atoms with Gasteiger partial charge in [0.15, 0.2) is 0 Å². The first-order chi connectivity index (χ1) is 8.41. The second-order valence-corrected chi connectivity index (χ2v) is 3.96. The fraction of sp³-hybridized carbons (Fsp3) is 0.273. The highest BCUT2D eigenvalue weighted by atomic mass is 16.6. The van der Waals surface area contributed by atoms with E-state index in [1.165, 1.54) is 12.3 Å². The summed E-state index contributed by atoms with van der Waals surface area (Å²) in [6, 6.07) is 3.98. The third-order valence-electron chi connectivity index (χ3n) is 2.26. The standard InChI is InChI=1S/C11H14N4O3/c1-7(2)9-4-3-8(5-10(9)15(17)18)6-13-14-11(12)16/h3-7H,1-2H3,(H3,12,14,16). The summed E-state index contributed by atoms with van der Waals surface area (Å²) in [5.41, 5.74) is 8.05. The average Bonchev–Trinajstić information content (AvgIpc) is 2.28. The molecule has 0 aliphatic rings. The number of urea groups is 1.